The van der Waals surface area contributed by atoms with Crippen LogP contribution >= 0.6 is 0 Å². The van der Waals surface area contributed by atoms with E-state index < -0.39 is 6.10 Å². The predicted molar refractivity (Wildman–Crippen MR) is 243 cm³/mol. The predicted octanol–water partition coefficient (Wildman–Crippen LogP) is 16.1. The fourth-order valence-corrected chi connectivity index (χ4v) is 7.57. The molecule has 0 heterocycles. The Kier molecular flexibility index (Phi) is 42.7. The van der Waals surface area contributed by atoms with Gasteiger partial charge in [0.2, 0.25) is 0 Å². The van der Waals surface area contributed by atoms with Gasteiger partial charge in [0.1, 0.15) is 13.2 Å². The average Bonchev–Trinajstić information content (AvgIpc) is 3.21. The number of hydrogen-bond acceptors (Lipinski definition) is 6. The van der Waals surface area contributed by atoms with Gasteiger partial charge in [0, 0.05) is 19.3 Å². The monoisotopic (exact) mass is 807 g/mol. The lowest BCUT2D eigenvalue weighted by Crippen LogP contribution is -2.30. The summed E-state index contributed by atoms with van der Waals surface area (Å²) < 4.78 is 16.7. The first-order valence-electron chi connectivity index (χ1n) is 25.3. The Balaban J connectivity index is 4.07. The Hall–Kier alpha value is -1.59. The topological polar surface area (TPSA) is 78.9 Å². The first-order valence-corrected chi connectivity index (χ1v) is 25.3. The highest BCUT2D eigenvalue weighted by Gasteiger charge is 2.19. The van der Waals surface area contributed by atoms with E-state index in [1.54, 1.807) is 0 Å². The normalized spacial score (nSPS) is 13.0. The molecule has 0 amide bonds. The van der Waals surface area contributed by atoms with E-state index in [9.17, 15) is 14.4 Å². The first kappa shape index (κ1) is 55.4. The van der Waals surface area contributed by atoms with Crippen LogP contribution in [0.1, 0.15) is 279 Å². The Morgan fingerprint density at radius 3 is 0.912 bits per heavy atom. The van der Waals surface area contributed by atoms with Crippen molar-refractivity contribution in [2.75, 3.05) is 13.2 Å². The van der Waals surface area contributed by atoms with Gasteiger partial charge in [-0.2, -0.15) is 0 Å². The largest absolute Gasteiger partial charge is 0.462 e. The number of unbranched alkanes of at least 4 members (excludes halogenated alkanes) is 28. The maximum Gasteiger partial charge on any atom is 0.306 e. The van der Waals surface area contributed by atoms with Crippen molar-refractivity contribution in [1.29, 1.82) is 0 Å². The summed E-state index contributed by atoms with van der Waals surface area (Å²) in [6.45, 7) is 11.3. The van der Waals surface area contributed by atoms with Gasteiger partial charge in [-0.05, 0) is 31.1 Å². The summed E-state index contributed by atoms with van der Waals surface area (Å²) in [5, 5.41) is 0. The van der Waals surface area contributed by atoms with Gasteiger partial charge < -0.3 is 14.2 Å². The van der Waals surface area contributed by atoms with Crippen LogP contribution in [0.4, 0.5) is 0 Å². The number of esters is 3. The van der Waals surface area contributed by atoms with E-state index in [0.29, 0.717) is 19.3 Å². The number of rotatable bonds is 45. The molecule has 0 aliphatic rings. The first-order chi connectivity index (χ1) is 27.8. The molecule has 6 nitrogen and oxygen atoms in total. The summed E-state index contributed by atoms with van der Waals surface area (Å²) in [5.74, 6) is 0.891. The van der Waals surface area contributed by atoms with E-state index in [-0.39, 0.29) is 31.1 Å². The van der Waals surface area contributed by atoms with Crippen molar-refractivity contribution in [3.05, 3.63) is 0 Å². The van der Waals surface area contributed by atoms with Crippen LogP contribution in [0.25, 0.3) is 0 Å². The fraction of sp³-hybridized carbons (Fsp3) is 0.941. The molecule has 0 aromatic heterocycles. The van der Waals surface area contributed by atoms with E-state index in [1.807, 2.05) is 0 Å². The molecule has 0 aromatic carbocycles. The molecule has 0 aliphatic heterocycles. The Morgan fingerprint density at radius 1 is 0.351 bits per heavy atom. The van der Waals surface area contributed by atoms with Gasteiger partial charge in [-0.25, -0.2) is 0 Å². The van der Waals surface area contributed by atoms with Gasteiger partial charge in [0.25, 0.3) is 0 Å². The zero-order valence-corrected chi connectivity index (χ0v) is 39.0. The maximum absolute atomic E-state index is 12.7. The van der Waals surface area contributed by atoms with E-state index in [2.05, 4.69) is 34.6 Å². The third kappa shape index (κ3) is 42.3. The van der Waals surface area contributed by atoms with Crippen LogP contribution in [0.15, 0.2) is 0 Å². The van der Waals surface area contributed by atoms with Gasteiger partial charge in [-0.1, -0.05) is 240 Å². The smallest absolute Gasteiger partial charge is 0.306 e. The molecule has 0 saturated heterocycles. The van der Waals surface area contributed by atoms with Crippen LogP contribution in [0.2, 0.25) is 0 Å². The number of carbonyl (C=O) groups is 3. The van der Waals surface area contributed by atoms with E-state index >= 15 is 0 Å². The lowest BCUT2D eigenvalue weighted by Gasteiger charge is -2.18. The highest BCUT2D eigenvalue weighted by molar-refractivity contribution is 5.71. The van der Waals surface area contributed by atoms with Crippen molar-refractivity contribution >= 4 is 17.9 Å². The molecular weight excluding hydrogens is 709 g/mol. The van der Waals surface area contributed by atoms with Gasteiger partial charge in [-0.15, -0.1) is 0 Å². The summed E-state index contributed by atoms with van der Waals surface area (Å²) in [5.41, 5.74) is 0. The van der Waals surface area contributed by atoms with E-state index in [1.165, 1.54) is 161 Å². The van der Waals surface area contributed by atoms with Gasteiger partial charge >= 0.3 is 17.9 Å². The average molecular weight is 807 g/mol. The second-order valence-electron chi connectivity index (χ2n) is 17.9. The van der Waals surface area contributed by atoms with Crippen LogP contribution in [0.3, 0.4) is 0 Å². The lowest BCUT2D eigenvalue weighted by atomic mass is 9.99. The molecular formula is C51H98O6. The summed E-state index contributed by atoms with van der Waals surface area (Å²) in [7, 11) is 0. The van der Waals surface area contributed by atoms with Crippen molar-refractivity contribution < 1.29 is 28.6 Å². The third-order valence-electron chi connectivity index (χ3n) is 12.2. The van der Waals surface area contributed by atoms with Crippen molar-refractivity contribution in [3.8, 4) is 0 Å². The molecule has 3 atom stereocenters. The number of hydrogen-bond donors (Lipinski definition) is 0. The quantitative estimate of drug-likeness (QED) is 0.0346. The summed E-state index contributed by atoms with van der Waals surface area (Å²) in [6, 6.07) is 0. The summed E-state index contributed by atoms with van der Waals surface area (Å²) in [4.78, 5) is 37.6. The van der Waals surface area contributed by atoms with Crippen LogP contribution in [0.5, 0.6) is 0 Å². The molecule has 6 heteroatoms. The molecule has 0 aliphatic carbocycles. The highest BCUT2D eigenvalue weighted by Crippen LogP contribution is 2.18. The maximum atomic E-state index is 12.7. The Bertz CT molecular complexity index is 874. The van der Waals surface area contributed by atoms with Crippen LogP contribution < -0.4 is 0 Å². The third-order valence-corrected chi connectivity index (χ3v) is 12.2. The molecule has 0 spiro atoms. The molecule has 0 radical (unpaired) electrons. The Labute approximate surface area is 355 Å². The molecule has 0 rings (SSSR count). The van der Waals surface area contributed by atoms with Crippen molar-refractivity contribution in [1.82, 2.24) is 0 Å². The molecule has 2 unspecified atom stereocenters. The minimum atomic E-state index is -0.759. The van der Waals surface area contributed by atoms with Crippen LogP contribution in [-0.2, 0) is 28.6 Å². The van der Waals surface area contributed by atoms with Gasteiger partial charge in [-0.3, -0.25) is 14.4 Å². The van der Waals surface area contributed by atoms with Crippen molar-refractivity contribution in [2.45, 2.75) is 285 Å². The second-order valence-corrected chi connectivity index (χ2v) is 17.9. The molecule has 57 heavy (non-hydrogen) atoms. The zero-order chi connectivity index (χ0) is 41.9. The van der Waals surface area contributed by atoms with E-state index in [4.69, 9.17) is 14.2 Å². The molecule has 0 bridgehead atoms. The number of ether oxygens (including phenoxy) is 3. The lowest BCUT2D eigenvalue weighted by molar-refractivity contribution is -0.167. The minimum absolute atomic E-state index is 0.0656. The standard InChI is InChI=1S/C51H98O6/c1-6-9-10-29-36-41-49(52)55-44-48(45-56-50(53)42-37-32-27-24-23-26-31-35-40-47(5)8-3)57-51(54)43-38-33-28-22-20-18-16-14-12-11-13-15-17-19-21-25-30-34-39-46(4)7-2/h46-48H,6-45H2,1-5H3/t46?,47?,48-/m1/s1. The number of carbonyl (C=O) groups excluding carboxylic acids is 3. The van der Waals surface area contributed by atoms with Crippen LogP contribution in [-0.4, -0.2) is 37.2 Å². The van der Waals surface area contributed by atoms with Gasteiger partial charge in [0.15, 0.2) is 6.10 Å². The SMILES string of the molecule is CCCCCCCC(=O)OC[C@H](COC(=O)CCCCCCCCCCC(C)CC)OC(=O)CCCCCCCCCCCCCCCCCCCCC(C)CC. The Morgan fingerprint density at radius 2 is 0.614 bits per heavy atom. The molecule has 0 aromatic rings. The summed E-state index contributed by atoms with van der Waals surface area (Å²) in [6.07, 6.45) is 44.0. The minimum Gasteiger partial charge on any atom is -0.462 e. The van der Waals surface area contributed by atoms with Gasteiger partial charge in [0.05, 0.1) is 0 Å². The summed E-state index contributed by atoms with van der Waals surface area (Å²) >= 11 is 0. The molecule has 0 N–H and O–H groups in total. The van der Waals surface area contributed by atoms with Crippen LogP contribution in [0, 0.1) is 11.8 Å². The molecule has 0 fully saturated rings. The second kappa shape index (κ2) is 44.0. The fourth-order valence-electron chi connectivity index (χ4n) is 7.57. The van der Waals surface area contributed by atoms with Crippen molar-refractivity contribution in [2.24, 2.45) is 11.8 Å². The zero-order valence-electron chi connectivity index (χ0n) is 39.0. The van der Waals surface area contributed by atoms with Crippen molar-refractivity contribution in [3.63, 3.8) is 0 Å². The molecule has 338 valence electrons. The molecule has 0 saturated carbocycles. The highest BCUT2D eigenvalue weighted by atomic mass is 16.6. The van der Waals surface area contributed by atoms with E-state index in [0.717, 1.165) is 76.0 Å².